The average Bonchev–Trinajstić information content (AvgIpc) is 2.21. The molecule has 104 valence electrons. The number of carbonyl (C=O) groups is 2. The molecule has 0 bridgehead atoms. The van der Waals surface area contributed by atoms with Crippen LogP contribution in [0.3, 0.4) is 0 Å². The Morgan fingerprint density at radius 1 is 1.06 bits per heavy atom. The van der Waals surface area contributed by atoms with Crippen LogP contribution >= 0.6 is 0 Å². The molecule has 0 heterocycles. The molecule has 0 aliphatic rings. The summed E-state index contributed by atoms with van der Waals surface area (Å²) in [6.45, 7) is 4.76. The predicted octanol–water partition coefficient (Wildman–Crippen LogP) is 1.48. The minimum absolute atomic E-state index is 0.0486. The first-order valence-electron chi connectivity index (χ1n) is 5.99. The van der Waals surface area contributed by atoms with Gasteiger partial charge < -0.3 is 14.0 Å². The van der Waals surface area contributed by atoms with Gasteiger partial charge in [0.05, 0.1) is 40.2 Å². The van der Waals surface area contributed by atoms with Crippen LogP contribution in [0.2, 0.25) is 0 Å². The van der Waals surface area contributed by atoms with Crippen LogP contribution in [0.5, 0.6) is 0 Å². The maximum atomic E-state index is 11.3. The summed E-state index contributed by atoms with van der Waals surface area (Å²) in [4.78, 5) is 22.5. The van der Waals surface area contributed by atoms with Crippen LogP contribution in [0.4, 0.5) is 0 Å². The van der Waals surface area contributed by atoms with Crippen molar-refractivity contribution >= 4 is 11.9 Å². The van der Waals surface area contributed by atoms with E-state index in [1.165, 1.54) is 6.26 Å². The van der Waals surface area contributed by atoms with Crippen molar-refractivity contribution in [2.75, 3.05) is 34.3 Å². The Bertz CT molecular complexity index is 311. The van der Waals surface area contributed by atoms with Gasteiger partial charge in [-0.3, -0.25) is 9.59 Å². The molecular weight excluding hydrogens is 234 g/mol. The average molecular weight is 258 g/mol. The Labute approximate surface area is 109 Å². The SMILES string of the molecule is CC(C)=COC(=O)CCC(=O)OCC[N+](C)(C)C. The summed E-state index contributed by atoms with van der Waals surface area (Å²) in [5, 5.41) is 0. The van der Waals surface area contributed by atoms with E-state index < -0.39 is 5.97 Å². The number of likely N-dealkylation sites (N-methyl/N-ethyl adjacent to an activating group) is 1. The molecule has 0 aliphatic heterocycles. The lowest BCUT2D eigenvalue weighted by atomic mass is 10.3. The van der Waals surface area contributed by atoms with Gasteiger partial charge in [0.15, 0.2) is 0 Å². The lowest BCUT2D eigenvalue weighted by Crippen LogP contribution is -2.38. The molecule has 0 aromatic carbocycles. The lowest BCUT2D eigenvalue weighted by Gasteiger charge is -2.23. The number of ether oxygens (including phenoxy) is 2. The van der Waals surface area contributed by atoms with E-state index in [0.717, 1.165) is 16.6 Å². The molecule has 0 saturated carbocycles. The molecule has 0 aliphatic carbocycles. The second-order valence-corrected chi connectivity index (χ2v) is 5.42. The Morgan fingerprint density at radius 3 is 2.11 bits per heavy atom. The van der Waals surface area contributed by atoms with Crippen LogP contribution in [0.1, 0.15) is 26.7 Å². The van der Waals surface area contributed by atoms with Gasteiger partial charge in [0.25, 0.3) is 0 Å². The molecule has 5 nitrogen and oxygen atoms in total. The van der Waals surface area contributed by atoms with Crippen molar-refractivity contribution in [1.29, 1.82) is 0 Å². The Hall–Kier alpha value is -1.36. The number of allylic oxidation sites excluding steroid dienone is 1. The smallest absolute Gasteiger partial charge is 0.311 e. The Morgan fingerprint density at radius 2 is 1.61 bits per heavy atom. The third-order valence-electron chi connectivity index (χ3n) is 1.98. The van der Waals surface area contributed by atoms with Crippen LogP contribution in [0.25, 0.3) is 0 Å². The van der Waals surface area contributed by atoms with E-state index in [2.05, 4.69) is 0 Å². The largest absolute Gasteiger partial charge is 0.460 e. The number of esters is 2. The van der Waals surface area contributed by atoms with Crippen LogP contribution in [0.15, 0.2) is 11.8 Å². The molecule has 0 atom stereocenters. The number of hydrogen-bond donors (Lipinski definition) is 0. The highest BCUT2D eigenvalue weighted by molar-refractivity contribution is 5.77. The predicted molar refractivity (Wildman–Crippen MR) is 68.6 cm³/mol. The van der Waals surface area contributed by atoms with Crippen molar-refractivity contribution in [3.63, 3.8) is 0 Å². The molecule has 0 unspecified atom stereocenters. The second kappa shape index (κ2) is 7.87. The van der Waals surface area contributed by atoms with Gasteiger partial charge in [0.1, 0.15) is 13.2 Å². The van der Waals surface area contributed by atoms with Crippen LogP contribution in [-0.4, -0.2) is 50.7 Å². The molecule has 5 heteroatoms. The van der Waals surface area contributed by atoms with Crippen molar-refractivity contribution in [2.45, 2.75) is 26.7 Å². The highest BCUT2D eigenvalue weighted by Crippen LogP contribution is 1.99. The summed E-state index contributed by atoms with van der Waals surface area (Å²) in [6, 6.07) is 0. The third-order valence-corrected chi connectivity index (χ3v) is 1.98. The van der Waals surface area contributed by atoms with Crippen molar-refractivity contribution in [3.05, 3.63) is 11.8 Å². The first-order chi connectivity index (χ1) is 8.20. The number of quaternary nitrogens is 1. The van der Waals surface area contributed by atoms with E-state index in [1.54, 1.807) is 0 Å². The van der Waals surface area contributed by atoms with E-state index in [0.29, 0.717) is 6.61 Å². The first-order valence-corrected chi connectivity index (χ1v) is 5.99. The van der Waals surface area contributed by atoms with Gasteiger partial charge in [-0.2, -0.15) is 0 Å². The van der Waals surface area contributed by atoms with Gasteiger partial charge >= 0.3 is 11.9 Å². The summed E-state index contributed by atoms with van der Waals surface area (Å²) in [5.74, 6) is -0.780. The van der Waals surface area contributed by atoms with Gasteiger partial charge in [-0.25, -0.2) is 0 Å². The lowest BCUT2D eigenvalue weighted by molar-refractivity contribution is -0.870. The maximum absolute atomic E-state index is 11.3. The molecule has 0 spiro atoms. The molecule has 0 rings (SSSR count). The molecule has 0 saturated heterocycles. The zero-order chi connectivity index (χ0) is 14.2. The number of carbonyl (C=O) groups excluding carboxylic acids is 2. The van der Waals surface area contributed by atoms with Gasteiger partial charge in [0.2, 0.25) is 0 Å². The van der Waals surface area contributed by atoms with E-state index in [9.17, 15) is 9.59 Å². The zero-order valence-electron chi connectivity index (χ0n) is 12.0. The summed E-state index contributed by atoms with van der Waals surface area (Å²) in [7, 11) is 6.06. The normalized spacial score (nSPS) is 10.7. The highest BCUT2D eigenvalue weighted by atomic mass is 16.5. The van der Waals surface area contributed by atoms with Crippen LogP contribution in [-0.2, 0) is 19.1 Å². The van der Waals surface area contributed by atoms with Crippen molar-refractivity contribution in [1.82, 2.24) is 0 Å². The van der Waals surface area contributed by atoms with Gasteiger partial charge in [-0.1, -0.05) is 0 Å². The topological polar surface area (TPSA) is 52.6 Å². The van der Waals surface area contributed by atoms with E-state index >= 15 is 0 Å². The van der Waals surface area contributed by atoms with E-state index in [-0.39, 0.29) is 18.8 Å². The fourth-order valence-electron chi connectivity index (χ4n) is 0.952. The van der Waals surface area contributed by atoms with Crippen LogP contribution in [0, 0.1) is 0 Å². The minimum atomic E-state index is -0.417. The molecular formula is C13H24NO4+. The van der Waals surface area contributed by atoms with Gasteiger partial charge in [-0.15, -0.1) is 0 Å². The quantitative estimate of drug-likeness (QED) is 0.394. The summed E-state index contributed by atoms with van der Waals surface area (Å²) in [6.07, 6.45) is 1.49. The fourth-order valence-corrected chi connectivity index (χ4v) is 0.952. The van der Waals surface area contributed by atoms with Gasteiger partial charge in [-0.05, 0) is 19.4 Å². The van der Waals surface area contributed by atoms with Crippen LogP contribution < -0.4 is 0 Å². The molecule has 0 radical (unpaired) electrons. The first kappa shape index (κ1) is 16.6. The summed E-state index contributed by atoms with van der Waals surface area (Å²) >= 11 is 0. The summed E-state index contributed by atoms with van der Waals surface area (Å²) in [5.41, 5.74) is 0.897. The Balaban J connectivity index is 3.71. The summed E-state index contributed by atoms with van der Waals surface area (Å²) < 4.78 is 10.5. The highest BCUT2D eigenvalue weighted by Gasteiger charge is 2.11. The molecule has 0 N–H and O–H groups in total. The van der Waals surface area contributed by atoms with E-state index in [1.807, 2.05) is 35.0 Å². The standard InChI is InChI=1S/C13H24NO4/c1-11(2)10-18-13(16)7-6-12(15)17-9-8-14(3,4)5/h10H,6-9H2,1-5H3/q+1. The monoisotopic (exact) mass is 258 g/mol. The molecule has 0 fully saturated rings. The third kappa shape index (κ3) is 11.1. The molecule has 18 heavy (non-hydrogen) atoms. The zero-order valence-corrected chi connectivity index (χ0v) is 12.0. The Kier molecular flexibility index (Phi) is 7.27. The number of nitrogens with zero attached hydrogens (tertiary/aromatic N) is 1. The van der Waals surface area contributed by atoms with E-state index in [4.69, 9.17) is 9.47 Å². The molecule has 0 amide bonds. The second-order valence-electron chi connectivity index (χ2n) is 5.42. The van der Waals surface area contributed by atoms with Crippen molar-refractivity contribution in [2.24, 2.45) is 0 Å². The maximum Gasteiger partial charge on any atom is 0.311 e. The number of hydrogen-bond acceptors (Lipinski definition) is 4. The van der Waals surface area contributed by atoms with Crippen molar-refractivity contribution in [3.8, 4) is 0 Å². The fraction of sp³-hybridized carbons (Fsp3) is 0.692. The van der Waals surface area contributed by atoms with Crippen molar-refractivity contribution < 1.29 is 23.5 Å². The minimum Gasteiger partial charge on any atom is -0.460 e. The number of rotatable bonds is 7. The molecule has 0 aromatic rings. The van der Waals surface area contributed by atoms with Gasteiger partial charge in [0, 0.05) is 0 Å². The molecule has 0 aromatic heterocycles.